The minimum absolute atomic E-state index is 1.08. The van der Waals surface area contributed by atoms with Gasteiger partial charge in [0.2, 0.25) is 0 Å². The molecule has 3 heteroatoms. The summed E-state index contributed by atoms with van der Waals surface area (Å²) in [5.41, 5.74) is 2.39. The summed E-state index contributed by atoms with van der Waals surface area (Å²) in [6.45, 7) is 4.27. The lowest BCUT2D eigenvalue weighted by molar-refractivity contribution is 0.215. The lowest BCUT2D eigenvalue weighted by Gasteiger charge is -2.04. The molecule has 0 atom stereocenters. The summed E-state index contributed by atoms with van der Waals surface area (Å²) in [6, 6.07) is 6.28. The number of nitrogens with zero attached hydrogens (tertiary/aromatic N) is 1. The zero-order chi connectivity index (χ0) is 10.4. The Labute approximate surface area is 89.3 Å². The largest absolute Gasteiger partial charge is 0.399 e. The maximum absolute atomic E-state index is 4.64. The lowest BCUT2D eigenvalue weighted by atomic mass is 10.2. The number of hydrogen-bond donors (Lipinski definition) is 0. The Kier molecular flexibility index (Phi) is 4.53. The summed E-state index contributed by atoms with van der Waals surface area (Å²) in [5.74, 6) is 1.09. The predicted octanol–water partition coefficient (Wildman–Crippen LogP) is 3.09. The van der Waals surface area contributed by atoms with Crippen LogP contribution in [-0.2, 0) is 4.84 Å². The number of benzene rings is 1. The van der Waals surface area contributed by atoms with Gasteiger partial charge in [0.1, 0.15) is 7.11 Å². The molecule has 0 heterocycles. The van der Waals surface area contributed by atoms with Gasteiger partial charge in [-0.1, -0.05) is 24.2 Å². The van der Waals surface area contributed by atoms with Crippen molar-refractivity contribution < 1.29 is 4.84 Å². The van der Waals surface area contributed by atoms with E-state index in [2.05, 4.69) is 36.0 Å². The van der Waals surface area contributed by atoms with Gasteiger partial charge in [0, 0.05) is 4.90 Å². The van der Waals surface area contributed by atoms with Crippen molar-refractivity contribution in [1.29, 1.82) is 0 Å². The first-order chi connectivity index (χ1) is 6.77. The molecular weight excluding hydrogens is 194 g/mol. The molecule has 1 rings (SSSR count). The van der Waals surface area contributed by atoms with Gasteiger partial charge in [-0.25, -0.2) is 0 Å². The van der Waals surface area contributed by atoms with E-state index in [1.54, 1.807) is 13.3 Å². The van der Waals surface area contributed by atoms with Gasteiger partial charge >= 0.3 is 0 Å². The maximum Gasteiger partial charge on any atom is 0.106 e. The molecule has 0 bridgehead atoms. The van der Waals surface area contributed by atoms with Crippen LogP contribution in [0.4, 0.5) is 0 Å². The molecule has 0 spiro atoms. The molecule has 0 N–H and O–H groups in total. The normalized spacial score (nSPS) is 10.8. The van der Waals surface area contributed by atoms with Gasteiger partial charge in [0.25, 0.3) is 0 Å². The van der Waals surface area contributed by atoms with Crippen molar-refractivity contribution in [2.45, 2.75) is 18.7 Å². The molecule has 0 radical (unpaired) electrons. The van der Waals surface area contributed by atoms with Gasteiger partial charge in [-0.2, -0.15) is 0 Å². The molecule has 0 aromatic heterocycles. The molecule has 0 aliphatic rings. The zero-order valence-electron chi connectivity index (χ0n) is 8.78. The summed E-state index contributed by atoms with van der Waals surface area (Å²) < 4.78 is 0. The van der Waals surface area contributed by atoms with Crippen LogP contribution in [0, 0.1) is 6.92 Å². The van der Waals surface area contributed by atoms with Gasteiger partial charge in [0.05, 0.1) is 6.21 Å². The van der Waals surface area contributed by atoms with Gasteiger partial charge < -0.3 is 4.84 Å². The molecule has 14 heavy (non-hydrogen) atoms. The first-order valence-electron chi connectivity index (χ1n) is 4.58. The minimum atomic E-state index is 1.08. The van der Waals surface area contributed by atoms with E-state index in [1.165, 1.54) is 10.5 Å². The summed E-state index contributed by atoms with van der Waals surface area (Å²) in [6.07, 6.45) is 1.72. The highest BCUT2D eigenvalue weighted by atomic mass is 32.2. The highest BCUT2D eigenvalue weighted by Gasteiger charge is 1.98. The van der Waals surface area contributed by atoms with Crippen molar-refractivity contribution in [3.63, 3.8) is 0 Å². The second-order valence-corrected chi connectivity index (χ2v) is 4.18. The lowest BCUT2D eigenvalue weighted by Crippen LogP contribution is -1.86. The van der Waals surface area contributed by atoms with Crippen LogP contribution in [0.15, 0.2) is 28.3 Å². The van der Waals surface area contributed by atoms with E-state index in [0.717, 1.165) is 11.3 Å². The Morgan fingerprint density at radius 1 is 1.50 bits per heavy atom. The fourth-order valence-electron chi connectivity index (χ4n) is 1.12. The van der Waals surface area contributed by atoms with Crippen LogP contribution in [0.25, 0.3) is 0 Å². The molecule has 2 nitrogen and oxygen atoms in total. The molecule has 0 aliphatic heterocycles. The summed E-state index contributed by atoms with van der Waals surface area (Å²) >= 11 is 1.85. The third-order valence-corrected chi connectivity index (χ3v) is 2.86. The van der Waals surface area contributed by atoms with Crippen LogP contribution in [0.1, 0.15) is 18.1 Å². The van der Waals surface area contributed by atoms with Crippen LogP contribution >= 0.6 is 11.8 Å². The molecule has 1 aromatic carbocycles. The second kappa shape index (κ2) is 5.70. The third kappa shape index (κ3) is 3.07. The van der Waals surface area contributed by atoms with Crippen molar-refractivity contribution in [3.05, 3.63) is 29.3 Å². The molecule has 0 amide bonds. The van der Waals surface area contributed by atoms with Crippen LogP contribution in [0.2, 0.25) is 0 Å². The van der Waals surface area contributed by atoms with Crippen molar-refractivity contribution >= 4 is 18.0 Å². The van der Waals surface area contributed by atoms with Crippen molar-refractivity contribution in [3.8, 4) is 0 Å². The van der Waals surface area contributed by atoms with Crippen LogP contribution < -0.4 is 0 Å². The monoisotopic (exact) mass is 209 g/mol. The van der Waals surface area contributed by atoms with Crippen LogP contribution in [0.5, 0.6) is 0 Å². The van der Waals surface area contributed by atoms with Crippen LogP contribution in [-0.4, -0.2) is 19.1 Å². The Bertz CT molecular complexity index is 323. The van der Waals surface area contributed by atoms with Crippen LogP contribution in [0.3, 0.4) is 0 Å². The average molecular weight is 209 g/mol. The molecule has 0 unspecified atom stereocenters. The Morgan fingerprint density at radius 3 is 2.93 bits per heavy atom. The zero-order valence-corrected chi connectivity index (χ0v) is 9.60. The highest BCUT2D eigenvalue weighted by molar-refractivity contribution is 7.99. The summed E-state index contributed by atoms with van der Waals surface area (Å²) in [7, 11) is 1.55. The third-order valence-electron chi connectivity index (χ3n) is 1.82. The standard InChI is InChI=1S/C11H15NOS/c1-4-14-11-7-10(8-12-13-3)6-5-9(11)2/h5-8H,4H2,1-3H3/b12-8+. The second-order valence-electron chi connectivity index (χ2n) is 2.88. The SMILES string of the molecule is CCSc1cc(/C=N/OC)ccc1C. The molecule has 0 saturated heterocycles. The first-order valence-corrected chi connectivity index (χ1v) is 5.56. The number of hydrogen-bond acceptors (Lipinski definition) is 3. The minimum Gasteiger partial charge on any atom is -0.399 e. The quantitative estimate of drug-likeness (QED) is 0.432. The Morgan fingerprint density at radius 2 is 2.29 bits per heavy atom. The summed E-state index contributed by atoms with van der Waals surface area (Å²) in [5, 5.41) is 3.74. The average Bonchev–Trinajstić information content (AvgIpc) is 2.19. The van der Waals surface area contributed by atoms with Gasteiger partial charge in [0.15, 0.2) is 0 Å². The first kappa shape index (κ1) is 11.1. The number of oxime groups is 1. The fraction of sp³-hybridized carbons (Fsp3) is 0.364. The Hall–Kier alpha value is -0.960. The van der Waals surface area contributed by atoms with E-state index in [1.807, 2.05) is 17.8 Å². The topological polar surface area (TPSA) is 21.6 Å². The fourth-order valence-corrected chi connectivity index (χ4v) is 1.95. The summed E-state index contributed by atoms with van der Waals surface area (Å²) in [4.78, 5) is 5.95. The van der Waals surface area contributed by atoms with Crippen molar-refractivity contribution in [2.24, 2.45) is 5.16 Å². The van der Waals surface area contributed by atoms with Gasteiger partial charge in [-0.05, 0) is 29.9 Å². The molecule has 76 valence electrons. The number of thioether (sulfide) groups is 1. The highest BCUT2D eigenvalue weighted by Crippen LogP contribution is 2.22. The number of aryl methyl sites for hydroxylation is 1. The van der Waals surface area contributed by atoms with E-state index < -0.39 is 0 Å². The predicted molar refractivity (Wildman–Crippen MR) is 62.2 cm³/mol. The van der Waals surface area contributed by atoms with E-state index in [4.69, 9.17) is 0 Å². The number of rotatable bonds is 4. The molecule has 1 aromatic rings. The maximum atomic E-state index is 4.64. The molecular formula is C11H15NOS. The van der Waals surface area contributed by atoms with E-state index in [0.29, 0.717) is 0 Å². The van der Waals surface area contributed by atoms with Gasteiger partial charge in [-0.3, -0.25) is 0 Å². The van der Waals surface area contributed by atoms with E-state index >= 15 is 0 Å². The van der Waals surface area contributed by atoms with Crippen molar-refractivity contribution in [2.75, 3.05) is 12.9 Å². The van der Waals surface area contributed by atoms with Crippen molar-refractivity contribution in [1.82, 2.24) is 0 Å². The smallest absolute Gasteiger partial charge is 0.106 e. The molecule has 0 saturated carbocycles. The van der Waals surface area contributed by atoms with E-state index in [9.17, 15) is 0 Å². The molecule has 0 aliphatic carbocycles. The molecule has 0 fully saturated rings. The Balaban J connectivity index is 2.88. The van der Waals surface area contributed by atoms with E-state index in [-0.39, 0.29) is 0 Å². The van der Waals surface area contributed by atoms with Gasteiger partial charge in [-0.15, -0.1) is 11.8 Å².